The molecule has 1 aliphatic rings. The molecule has 1 N–H and O–H groups in total. The van der Waals surface area contributed by atoms with Gasteiger partial charge in [-0.2, -0.15) is 0 Å². The molecule has 4 nitrogen and oxygen atoms in total. The molecule has 0 fully saturated rings. The van der Waals surface area contributed by atoms with Crippen LogP contribution in [0.25, 0.3) is 0 Å². The molecule has 0 saturated heterocycles. The summed E-state index contributed by atoms with van der Waals surface area (Å²) in [4.78, 5) is 20.6. The Labute approximate surface area is 111 Å². The van der Waals surface area contributed by atoms with Gasteiger partial charge in [0.05, 0.1) is 11.7 Å². The van der Waals surface area contributed by atoms with Gasteiger partial charge in [-0.3, -0.25) is 14.8 Å². The van der Waals surface area contributed by atoms with Gasteiger partial charge in [-0.05, 0) is 43.0 Å². The van der Waals surface area contributed by atoms with Crippen LogP contribution in [0, 0.1) is 0 Å². The van der Waals surface area contributed by atoms with Crippen molar-refractivity contribution < 1.29 is 4.79 Å². The fourth-order valence-corrected chi connectivity index (χ4v) is 2.48. The quantitative estimate of drug-likeness (QED) is 0.893. The highest BCUT2D eigenvalue weighted by molar-refractivity contribution is 5.92. The largest absolute Gasteiger partial charge is 0.342 e. The molecule has 0 spiro atoms. The van der Waals surface area contributed by atoms with Crippen molar-refractivity contribution in [3.8, 4) is 0 Å². The van der Waals surface area contributed by atoms with Gasteiger partial charge in [-0.1, -0.05) is 12.1 Å². The molecule has 4 heteroatoms. The molecule has 1 amide bonds. The standard InChI is InChI=1S/C15H15N3O/c19-15(13-7-1-2-9-16-13)18-12-8-3-5-11-6-4-10-17-14(11)12/h1-2,4,6-7,9-10,12H,3,5,8H2,(H,18,19). The molecule has 1 atom stereocenters. The molecule has 1 aliphatic carbocycles. The summed E-state index contributed by atoms with van der Waals surface area (Å²) in [6.07, 6.45) is 6.46. The van der Waals surface area contributed by atoms with Gasteiger partial charge in [-0.25, -0.2) is 0 Å². The van der Waals surface area contributed by atoms with Gasteiger partial charge >= 0.3 is 0 Å². The zero-order valence-corrected chi connectivity index (χ0v) is 10.5. The van der Waals surface area contributed by atoms with E-state index in [0.717, 1.165) is 25.0 Å². The monoisotopic (exact) mass is 253 g/mol. The smallest absolute Gasteiger partial charge is 0.270 e. The van der Waals surface area contributed by atoms with E-state index in [-0.39, 0.29) is 11.9 Å². The molecule has 0 bridgehead atoms. The van der Waals surface area contributed by atoms with Crippen LogP contribution in [0.15, 0.2) is 42.7 Å². The lowest BCUT2D eigenvalue weighted by Gasteiger charge is -2.24. The average Bonchev–Trinajstić information content (AvgIpc) is 2.48. The van der Waals surface area contributed by atoms with Crippen molar-refractivity contribution >= 4 is 5.91 Å². The lowest BCUT2D eigenvalue weighted by atomic mass is 9.92. The number of hydrogen-bond acceptors (Lipinski definition) is 3. The lowest BCUT2D eigenvalue weighted by Crippen LogP contribution is -2.32. The van der Waals surface area contributed by atoms with E-state index in [0.29, 0.717) is 5.69 Å². The number of pyridine rings is 2. The van der Waals surface area contributed by atoms with Crippen LogP contribution in [0.2, 0.25) is 0 Å². The minimum Gasteiger partial charge on any atom is -0.342 e. The summed E-state index contributed by atoms with van der Waals surface area (Å²) in [5.74, 6) is -0.135. The molecular weight excluding hydrogens is 238 g/mol. The molecule has 0 aliphatic heterocycles. The summed E-state index contributed by atoms with van der Waals surface area (Å²) in [6, 6.07) is 9.36. The van der Waals surface area contributed by atoms with Crippen molar-refractivity contribution in [2.24, 2.45) is 0 Å². The molecule has 3 rings (SSSR count). The number of carbonyl (C=O) groups is 1. The van der Waals surface area contributed by atoms with Crippen LogP contribution in [0.5, 0.6) is 0 Å². The number of amides is 1. The van der Waals surface area contributed by atoms with Crippen molar-refractivity contribution in [3.05, 3.63) is 59.7 Å². The van der Waals surface area contributed by atoms with Crippen molar-refractivity contribution in [1.29, 1.82) is 0 Å². The van der Waals surface area contributed by atoms with Gasteiger partial charge in [-0.15, -0.1) is 0 Å². The van der Waals surface area contributed by atoms with Crippen molar-refractivity contribution in [1.82, 2.24) is 15.3 Å². The van der Waals surface area contributed by atoms with Gasteiger partial charge in [0.1, 0.15) is 5.69 Å². The van der Waals surface area contributed by atoms with Gasteiger partial charge in [0.15, 0.2) is 0 Å². The topological polar surface area (TPSA) is 54.9 Å². The van der Waals surface area contributed by atoms with Crippen molar-refractivity contribution in [2.45, 2.75) is 25.3 Å². The van der Waals surface area contributed by atoms with E-state index in [1.807, 2.05) is 12.1 Å². The number of hydrogen-bond donors (Lipinski definition) is 1. The summed E-state index contributed by atoms with van der Waals surface area (Å²) in [5, 5.41) is 3.03. The van der Waals surface area contributed by atoms with Crippen molar-refractivity contribution in [3.63, 3.8) is 0 Å². The Morgan fingerprint density at radius 3 is 2.89 bits per heavy atom. The van der Waals surface area contributed by atoms with Gasteiger partial charge in [0.2, 0.25) is 0 Å². The van der Waals surface area contributed by atoms with Gasteiger partial charge in [0, 0.05) is 12.4 Å². The first-order chi connectivity index (χ1) is 9.34. The Balaban J connectivity index is 1.80. The molecule has 0 aromatic carbocycles. The zero-order chi connectivity index (χ0) is 13.1. The normalized spacial score (nSPS) is 17.6. The third-order valence-corrected chi connectivity index (χ3v) is 3.40. The second-order valence-corrected chi connectivity index (χ2v) is 4.68. The molecule has 0 saturated carbocycles. The van der Waals surface area contributed by atoms with Crippen LogP contribution >= 0.6 is 0 Å². The second kappa shape index (κ2) is 5.18. The highest BCUT2D eigenvalue weighted by atomic mass is 16.1. The highest BCUT2D eigenvalue weighted by Crippen LogP contribution is 2.27. The molecule has 0 radical (unpaired) electrons. The molecule has 96 valence electrons. The van der Waals surface area contributed by atoms with Crippen LogP contribution in [0.4, 0.5) is 0 Å². The van der Waals surface area contributed by atoms with E-state index in [9.17, 15) is 4.79 Å². The van der Waals surface area contributed by atoms with E-state index < -0.39 is 0 Å². The van der Waals surface area contributed by atoms with E-state index in [1.54, 1.807) is 24.5 Å². The zero-order valence-electron chi connectivity index (χ0n) is 10.5. The Bertz CT molecular complexity index is 583. The number of rotatable bonds is 2. The number of aromatic nitrogens is 2. The molecule has 19 heavy (non-hydrogen) atoms. The maximum Gasteiger partial charge on any atom is 0.270 e. The Morgan fingerprint density at radius 2 is 2.05 bits per heavy atom. The minimum absolute atomic E-state index is 0.000504. The number of nitrogens with zero attached hydrogens (tertiary/aromatic N) is 2. The molecular formula is C15H15N3O. The predicted molar refractivity (Wildman–Crippen MR) is 71.6 cm³/mol. The molecule has 2 aromatic rings. The van der Waals surface area contributed by atoms with E-state index in [4.69, 9.17) is 0 Å². The van der Waals surface area contributed by atoms with Gasteiger partial charge in [0.25, 0.3) is 5.91 Å². The highest BCUT2D eigenvalue weighted by Gasteiger charge is 2.23. The summed E-state index contributed by atoms with van der Waals surface area (Å²) < 4.78 is 0. The summed E-state index contributed by atoms with van der Waals surface area (Å²) in [6.45, 7) is 0. The predicted octanol–water partition coefficient (Wildman–Crippen LogP) is 2.28. The third kappa shape index (κ3) is 2.47. The lowest BCUT2D eigenvalue weighted by molar-refractivity contribution is 0.0926. The first-order valence-electron chi connectivity index (χ1n) is 6.50. The van der Waals surface area contributed by atoms with Crippen molar-refractivity contribution in [2.75, 3.05) is 0 Å². The fraction of sp³-hybridized carbons (Fsp3) is 0.267. The Kier molecular flexibility index (Phi) is 3.23. The number of nitrogens with one attached hydrogen (secondary N) is 1. The van der Waals surface area contributed by atoms with E-state index in [1.165, 1.54) is 5.56 Å². The van der Waals surface area contributed by atoms with E-state index in [2.05, 4.69) is 21.4 Å². The van der Waals surface area contributed by atoms with Crippen LogP contribution in [-0.2, 0) is 6.42 Å². The Morgan fingerprint density at radius 1 is 1.16 bits per heavy atom. The molecule has 2 aromatic heterocycles. The maximum atomic E-state index is 12.1. The average molecular weight is 253 g/mol. The number of aryl methyl sites for hydroxylation is 1. The Hall–Kier alpha value is -2.23. The first-order valence-corrected chi connectivity index (χ1v) is 6.50. The van der Waals surface area contributed by atoms with Crippen LogP contribution in [0.1, 0.15) is 40.6 Å². The molecule has 2 heterocycles. The third-order valence-electron chi connectivity index (χ3n) is 3.40. The summed E-state index contributed by atoms with van der Waals surface area (Å²) in [5.41, 5.74) is 2.68. The van der Waals surface area contributed by atoms with Crippen LogP contribution in [0.3, 0.4) is 0 Å². The fourth-order valence-electron chi connectivity index (χ4n) is 2.48. The SMILES string of the molecule is O=C(NC1CCCc2cccnc21)c1ccccn1. The van der Waals surface area contributed by atoms with E-state index >= 15 is 0 Å². The summed E-state index contributed by atoms with van der Waals surface area (Å²) in [7, 11) is 0. The first kappa shape index (κ1) is 11.8. The number of carbonyl (C=O) groups excluding carboxylic acids is 1. The molecule has 1 unspecified atom stereocenters. The minimum atomic E-state index is -0.135. The maximum absolute atomic E-state index is 12.1. The second-order valence-electron chi connectivity index (χ2n) is 4.68. The van der Waals surface area contributed by atoms with Crippen LogP contribution < -0.4 is 5.32 Å². The van der Waals surface area contributed by atoms with Crippen LogP contribution in [-0.4, -0.2) is 15.9 Å². The van der Waals surface area contributed by atoms with Gasteiger partial charge < -0.3 is 5.32 Å². The summed E-state index contributed by atoms with van der Waals surface area (Å²) >= 11 is 0. The number of fused-ring (bicyclic) bond motifs is 1.